The van der Waals surface area contributed by atoms with Gasteiger partial charge in [0.15, 0.2) is 0 Å². The lowest BCUT2D eigenvalue weighted by Gasteiger charge is -2.35. The lowest BCUT2D eigenvalue weighted by molar-refractivity contribution is 0.0683. The van der Waals surface area contributed by atoms with Crippen LogP contribution < -0.4 is 0 Å². The van der Waals surface area contributed by atoms with Crippen LogP contribution in [0.1, 0.15) is 33.5 Å². The Bertz CT molecular complexity index is 1150. The largest absolute Gasteiger partial charge is 0.356 e. The standard InChI is InChI=1S/C21H18N4OS2/c1-27-21-24-17(12-28-21)20(26)25-11-9-14-13-6-2-3-7-15(13)23-18(14)19(25)16-8-4-5-10-22-16/h2-8,10,12,19,23H,9,11H2,1H3/t19-/m1/s1. The second-order valence-electron chi connectivity index (χ2n) is 6.67. The van der Waals surface area contributed by atoms with Crippen molar-refractivity contribution < 1.29 is 4.79 Å². The molecule has 7 heteroatoms. The Labute approximate surface area is 170 Å². The number of hydrogen-bond donors (Lipinski definition) is 1. The molecule has 4 aromatic rings. The molecule has 0 saturated heterocycles. The number of nitrogens with zero attached hydrogens (tertiary/aromatic N) is 3. The molecule has 3 aromatic heterocycles. The predicted octanol–water partition coefficient (Wildman–Crippen LogP) is 4.53. The number of pyridine rings is 1. The molecule has 1 atom stereocenters. The number of hydrogen-bond acceptors (Lipinski definition) is 5. The first-order valence-electron chi connectivity index (χ1n) is 9.07. The van der Waals surface area contributed by atoms with Crippen molar-refractivity contribution in [2.24, 2.45) is 0 Å². The van der Waals surface area contributed by atoms with Crippen molar-refractivity contribution in [1.82, 2.24) is 19.9 Å². The zero-order chi connectivity index (χ0) is 19.1. The second kappa shape index (κ2) is 7.07. The minimum Gasteiger partial charge on any atom is -0.356 e. The molecule has 4 heterocycles. The van der Waals surface area contributed by atoms with Gasteiger partial charge in [-0.1, -0.05) is 36.0 Å². The van der Waals surface area contributed by atoms with E-state index in [2.05, 4.69) is 33.2 Å². The summed E-state index contributed by atoms with van der Waals surface area (Å²) in [6.07, 6.45) is 4.57. The highest BCUT2D eigenvalue weighted by Gasteiger charge is 2.36. The van der Waals surface area contributed by atoms with Crippen LogP contribution in [0.4, 0.5) is 0 Å². The van der Waals surface area contributed by atoms with E-state index in [0.717, 1.165) is 27.7 Å². The van der Waals surface area contributed by atoms with E-state index in [1.807, 2.05) is 40.8 Å². The molecule has 1 aromatic carbocycles. The molecule has 0 bridgehead atoms. The van der Waals surface area contributed by atoms with Gasteiger partial charge in [0.1, 0.15) is 16.1 Å². The molecule has 1 aliphatic rings. The van der Waals surface area contributed by atoms with Crippen LogP contribution in [0.5, 0.6) is 0 Å². The summed E-state index contributed by atoms with van der Waals surface area (Å²) in [5, 5.41) is 3.08. The molecule has 0 saturated carbocycles. The van der Waals surface area contributed by atoms with Crippen molar-refractivity contribution in [1.29, 1.82) is 0 Å². The number of carbonyl (C=O) groups excluding carboxylic acids is 1. The third-order valence-corrected chi connectivity index (χ3v) is 7.00. The minimum atomic E-state index is -0.246. The second-order valence-corrected chi connectivity index (χ2v) is 8.58. The SMILES string of the molecule is CSc1nc(C(=O)N2CCc3c([nH]c4ccccc34)[C@H]2c2ccccn2)cs1. The molecule has 140 valence electrons. The van der Waals surface area contributed by atoms with Gasteiger partial charge < -0.3 is 9.88 Å². The first kappa shape index (κ1) is 17.5. The van der Waals surface area contributed by atoms with E-state index in [4.69, 9.17) is 0 Å². The summed E-state index contributed by atoms with van der Waals surface area (Å²) in [6, 6.07) is 13.9. The number of nitrogens with one attached hydrogen (secondary N) is 1. The summed E-state index contributed by atoms with van der Waals surface area (Å²) < 4.78 is 0.904. The zero-order valence-corrected chi connectivity index (χ0v) is 16.9. The fraction of sp³-hybridized carbons (Fsp3) is 0.190. The molecule has 0 radical (unpaired) electrons. The highest BCUT2D eigenvalue weighted by Crippen LogP contribution is 2.38. The average Bonchev–Trinajstić information content (AvgIpc) is 3.37. The average molecular weight is 407 g/mol. The van der Waals surface area contributed by atoms with E-state index in [0.29, 0.717) is 12.2 Å². The van der Waals surface area contributed by atoms with E-state index >= 15 is 0 Å². The van der Waals surface area contributed by atoms with Gasteiger partial charge in [0, 0.05) is 34.7 Å². The van der Waals surface area contributed by atoms with Gasteiger partial charge in [-0.3, -0.25) is 9.78 Å². The summed E-state index contributed by atoms with van der Waals surface area (Å²) in [5.41, 5.74) is 4.80. The van der Waals surface area contributed by atoms with Gasteiger partial charge in [-0.15, -0.1) is 11.3 Å². The number of carbonyl (C=O) groups is 1. The highest BCUT2D eigenvalue weighted by atomic mass is 32.2. The summed E-state index contributed by atoms with van der Waals surface area (Å²) in [6.45, 7) is 0.640. The van der Waals surface area contributed by atoms with Crippen LogP contribution in [-0.2, 0) is 6.42 Å². The smallest absolute Gasteiger partial charge is 0.274 e. The molecular formula is C21H18N4OS2. The maximum absolute atomic E-state index is 13.4. The number of aromatic amines is 1. The molecule has 0 unspecified atom stereocenters. The number of thioether (sulfide) groups is 1. The van der Waals surface area contributed by atoms with E-state index < -0.39 is 0 Å². The normalized spacial score (nSPS) is 16.3. The summed E-state index contributed by atoms with van der Waals surface area (Å²) in [4.78, 5) is 27.9. The fourth-order valence-electron chi connectivity index (χ4n) is 3.90. The van der Waals surface area contributed by atoms with Crippen molar-refractivity contribution >= 4 is 39.9 Å². The number of thiazole rings is 1. The maximum Gasteiger partial charge on any atom is 0.274 e. The third kappa shape index (κ3) is 2.82. The van der Waals surface area contributed by atoms with E-state index in [-0.39, 0.29) is 11.9 Å². The van der Waals surface area contributed by atoms with Gasteiger partial charge in [-0.05, 0) is 36.4 Å². The highest BCUT2D eigenvalue weighted by molar-refractivity contribution is 8.00. The molecule has 5 nitrogen and oxygen atoms in total. The molecule has 0 spiro atoms. The number of benzene rings is 1. The first-order chi connectivity index (χ1) is 13.8. The topological polar surface area (TPSA) is 61.9 Å². The Kier molecular flexibility index (Phi) is 4.41. The third-order valence-electron chi connectivity index (χ3n) is 5.14. The zero-order valence-electron chi connectivity index (χ0n) is 15.3. The van der Waals surface area contributed by atoms with E-state index in [1.165, 1.54) is 22.3 Å². The summed E-state index contributed by atoms with van der Waals surface area (Å²) >= 11 is 3.07. The van der Waals surface area contributed by atoms with E-state index in [1.54, 1.807) is 18.0 Å². The minimum absolute atomic E-state index is 0.0449. The quantitative estimate of drug-likeness (QED) is 0.508. The van der Waals surface area contributed by atoms with Crippen LogP contribution in [0, 0.1) is 0 Å². The molecule has 1 N–H and O–H groups in total. The number of amides is 1. The molecule has 1 aliphatic heterocycles. The van der Waals surface area contributed by atoms with Crippen LogP contribution in [0.3, 0.4) is 0 Å². The van der Waals surface area contributed by atoms with Crippen LogP contribution >= 0.6 is 23.1 Å². The number of aromatic nitrogens is 3. The molecule has 0 fully saturated rings. The Balaban J connectivity index is 1.64. The van der Waals surface area contributed by atoms with E-state index in [9.17, 15) is 4.79 Å². The van der Waals surface area contributed by atoms with Gasteiger partial charge in [0.2, 0.25) is 0 Å². The summed E-state index contributed by atoms with van der Waals surface area (Å²) in [5.74, 6) is -0.0449. The monoisotopic (exact) mass is 406 g/mol. The van der Waals surface area contributed by atoms with Crippen molar-refractivity contribution in [2.45, 2.75) is 16.8 Å². The van der Waals surface area contributed by atoms with Crippen LogP contribution in [0.15, 0.2) is 58.4 Å². The molecule has 1 amide bonds. The van der Waals surface area contributed by atoms with Crippen molar-refractivity contribution in [2.75, 3.05) is 12.8 Å². The van der Waals surface area contributed by atoms with Crippen molar-refractivity contribution in [3.8, 4) is 0 Å². The number of rotatable bonds is 3. The Morgan fingerprint density at radius 3 is 2.89 bits per heavy atom. The lowest BCUT2D eigenvalue weighted by Crippen LogP contribution is -2.41. The molecule has 28 heavy (non-hydrogen) atoms. The van der Waals surface area contributed by atoms with Crippen LogP contribution in [0.25, 0.3) is 10.9 Å². The summed E-state index contributed by atoms with van der Waals surface area (Å²) in [7, 11) is 0. The Morgan fingerprint density at radius 1 is 1.25 bits per heavy atom. The Hall–Kier alpha value is -2.64. The van der Waals surface area contributed by atoms with Gasteiger partial charge in [-0.25, -0.2) is 4.98 Å². The lowest BCUT2D eigenvalue weighted by atomic mass is 9.94. The predicted molar refractivity (Wildman–Crippen MR) is 113 cm³/mol. The van der Waals surface area contributed by atoms with Gasteiger partial charge >= 0.3 is 0 Å². The number of H-pyrrole nitrogens is 1. The maximum atomic E-state index is 13.4. The van der Waals surface area contributed by atoms with Crippen LogP contribution in [0.2, 0.25) is 0 Å². The molecular weight excluding hydrogens is 388 g/mol. The fourth-order valence-corrected chi connectivity index (χ4v) is 5.14. The molecule has 0 aliphatic carbocycles. The van der Waals surface area contributed by atoms with Crippen LogP contribution in [-0.4, -0.2) is 38.6 Å². The van der Waals surface area contributed by atoms with Gasteiger partial charge in [-0.2, -0.15) is 0 Å². The van der Waals surface area contributed by atoms with Gasteiger partial charge in [0.05, 0.1) is 5.69 Å². The first-order valence-corrected chi connectivity index (χ1v) is 11.2. The van der Waals surface area contributed by atoms with Crippen molar-refractivity contribution in [3.63, 3.8) is 0 Å². The number of fused-ring (bicyclic) bond motifs is 3. The van der Waals surface area contributed by atoms with Gasteiger partial charge in [0.25, 0.3) is 5.91 Å². The molecule has 5 rings (SSSR count). The Morgan fingerprint density at radius 2 is 2.11 bits per heavy atom. The number of para-hydroxylation sites is 1. The van der Waals surface area contributed by atoms with Crippen molar-refractivity contribution in [3.05, 3.63) is 76.7 Å².